The number of alkyl halides is 3. The van der Waals surface area contributed by atoms with Crippen LogP contribution in [-0.4, -0.2) is 23.0 Å². The van der Waals surface area contributed by atoms with E-state index in [0.29, 0.717) is 11.4 Å². The number of halogens is 4. The molecule has 9 heteroatoms. The number of fused-ring (bicyclic) bond motifs is 1. The van der Waals surface area contributed by atoms with E-state index in [0.717, 1.165) is 4.90 Å². The summed E-state index contributed by atoms with van der Waals surface area (Å²) in [7, 11) is 0. The fourth-order valence-corrected chi connectivity index (χ4v) is 3.29. The van der Waals surface area contributed by atoms with Crippen LogP contribution in [0.2, 0.25) is 5.02 Å². The van der Waals surface area contributed by atoms with Crippen molar-refractivity contribution in [3.8, 4) is 5.75 Å². The van der Waals surface area contributed by atoms with Crippen molar-refractivity contribution in [3.63, 3.8) is 0 Å². The maximum Gasteiger partial charge on any atom is 0.573 e. The number of benzene rings is 1. The highest BCUT2D eigenvalue weighted by atomic mass is 35.5. The fraction of sp³-hybridized carbons (Fsp3) is 0.200. The van der Waals surface area contributed by atoms with Crippen molar-refractivity contribution in [2.24, 2.45) is 0 Å². The first-order chi connectivity index (χ1) is 11.3. The van der Waals surface area contributed by atoms with E-state index in [1.165, 1.54) is 28.8 Å². The van der Waals surface area contributed by atoms with Crippen molar-refractivity contribution in [3.05, 3.63) is 47.1 Å². The van der Waals surface area contributed by atoms with Crippen molar-refractivity contribution < 1.29 is 22.7 Å². The van der Waals surface area contributed by atoms with Gasteiger partial charge in [-0.1, -0.05) is 17.7 Å². The SMILES string of the molecule is O=C1CSc2cccnc2N1Cc1ccc(Cl)c(OC(F)(F)F)c1. The summed E-state index contributed by atoms with van der Waals surface area (Å²) in [5.74, 6) is 0.0752. The number of hydrogen-bond acceptors (Lipinski definition) is 4. The molecular weight excluding hydrogens is 365 g/mol. The predicted octanol–water partition coefficient (Wildman–Crippen LogP) is 4.27. The molecule has 0 unspecified atom stereocenters. The lowest BCUT2D eigenvalue weighted by molar-refractivity contribution is -0.274. The largest absolute Gasteiger partial charge is 0.573 e. The number of aromatic nitrogens is 1. The third-order valence-electron chi connectivity index (χ3n) is 3.22. The molecule has 0 radical (unpaired) electrons. The summed E-state index contributed by atoms with van der Waals surface area (Å²) >= 11 is 7.11. The van der Waals surface area contributed by atoms with Gasteiger partial charge in [-0.2, -0.15) is 0 Å². The van der Waals surface area contributed by atoms with Gasteiger partial charge in [0.15, 0.2) is 0 Å². The Morgan fingerprint density at radius 2 is 2.12 bits per heavy atom. The molecule has 0 fully saturated rings. The number of ether oxygens (including phenoxy) is 1. The molecule has 0 N–H and O–H groups in total. The fourth-order valence-electron chi connectivity index (χ4n) is 2.23. The maximum absolute atomic E-state index is 12.4. The van der Waals surface area contributed by atoms with Crippen LogP contribution >= 0.6 is 23.4 Å². The molecule has 4 nitrogen and oxygen atoms in total. The zero-order valence-corrected chi connectivity index (χ0v) is 13.6. The predicted molar refractivity (Wildman–Crippen MR) is 84.3 cm³/mol. The molecular formula is C15H10ClF3N2O2S. The number of nitrogens with zero attached hydrogens (tertiary/aromatic N) is 2. The second kappa shape index (κ2) is 6.52. The Kier molecular flexibility index (Phi) is 4.60. The van der Waals surface area contributed by atoms with Crippen LogP contribution in [0.25, 0.3) is 0 Å². The van der Waals surface area contributed by atoms with Gasteiger partial charge in [-0.05, 0) is 29.8 Å². The lowest BCUT2D eigenvalue weighted by atomic mass is 10.2. The van der Waals surface area contributed by atoms with E-state index in [-0.39, 0.29) is 23.2 Å². The molecule has 3 rings (SSSR count). The highest BCUT2D eigenvalue weighted by Gasteiger charge is 2.32. The van der Waals surface area contributed by atoms with E-state index in [1.54, 1.807) is 18.3 Å². The van der Waals surface area contributed by atoms with Gasteiger partial charge < -0.3 is 4.74 Å². The average Bonchev–Trinajstić information content (AvgIpc) is 2.52. The summed E-state index contributed by atoms with van der Waals surface area (Å²) < 4.78 is 41.1. The van der Waals surface area contributed by atoms with E-state index in [9.17, 15) is 18.0 Å². The molecule has 0 spiro atoms. The van der Waals surface area contributed by atoms with E-state index in [2.05, 4.69) is 9.72 Å². The van der Waals surface area contributed by atoms with E-state index in [1.807, 2.05) is 6.07 Å². The van der Waals surface area contributed by atoms with Crippen LogP contribution in [0.5, 0.6) is 5.75 Å². The molecule has 0 atom stereocenters. The molecule has 0 bridgehead atoms. The summed E-state index contributed by atoms with van der Waals surface area (Å²) in [5.41, 5.74) is 0.454. The third-order valence-corrected chi connectivity index (χ3v) is 4.55. The highest BCUT2D eigenvalue weighted by Crippen LogP contribution is 2.35. The molecule has 0 saturated carbocycles. The Morgan fingerprint density at radius 1 is 1.33 bits per heavy atom. The molecule has 2 aromatic rings. The summed E-state index contributed by atoms with van der Waals surface area (Å²) in [5, 5.41) is -0.157. The Hall–Kier alpha value is -1.93. The normalized spacial score (nSPS) is 14.5. The highest BCUT2D eigenvalue weighted by molar-refractivity contribution is 8.00. The molecule has 1 aromatic heterocycles. The number of hydrogen-bond donors (Lipinski definition) is 0. The first kappa shape index (κ1) is 16.9. The van der Waals surface area contributed by atoms with E-state index >= 15 is 0 Å². The van der Waals surface area contributed by atoms with Crippen LogP contribution in [0.3, 0.4) is 0 Å². The van der Waals surface area contributed by atoms with Gasteiger partial charge in [0.1, 0.15) is 11.6 Å². The zero-order valence-electron chi connectivity index (χ0n) is 12.0. The van der Waals surface area contributed by atoms with Gasteiger partial charge in [0, 0.05) is 6.20 Å². The lowest BCUT2D eigenvalue weighted by Crippen LogP contribution is -2.35. The van der Waals surface area contributed by atoms with Crippen LogP contribution in [0.1, 0.15) is 5.56 Å². The van der Waals surface area contributed by atoms with Gasteiger partial charge in [0.2, 0.25) is 5.91 Å². The first-order valence-electron chi connectivity index (χ1n) is 6.76. The van der Waals surface area contributed by atoms with Crippen LogP contribution in [0.15, 0.2) is 41.4 Å². The van der Waals surface area contributed by atoms with Gasteiger partial charge in [-0.25, -0.2) is 4.98 Å². The van der Waals surface area contributed by atoms with E-state index < -0.39 is 12.1 Å². The van der Waals surface area contributed by atoms with Crippen molar-refractivity contribution >= 4 is 35.1 Å². The number of carbonyl (C=O) groups is 1. The quantitative estimate of drug-likeness (QED) is 0.804. The lowest BCUT2D eigenvalue weighted by Gasteiger charge is -2.27. The standard InChI is InChI=1S/C15H10ClF3N2O2S/c16-10-4-3-9(6-11(10)23-15(17,18)19)7-21-13(22)8-24-12-2-1-5-20-14(12)21/h1-6H,7-8H2. The maximum atomic E-state index is 12.4. The van der Waals surface area contributed by atoms with Crippen molar-refractivity contribution in [1.29, 1.82) is 0 Å². The average molecular weight is 375 g/mol. The first-order valence-corrected chi connectivity index (χ1v) is 8.12. The van der Waals surface area contributed by atoms with Crippen molar-refractivity contribution in [2.75, 3.05) is 10.7 Å². The number of thioether (sulfide) groups is 1. The number of carbonyl (C=O) groups excluding carboxylic acids is 1. The minimum Gasteiger partial charge on any atom is -0.404 e. The van der Waals surface area contributed by atoms with Crippen molar-refractivity contribution in [2.45, 2.75) is 17.8 Å². The summed E-state index contributed by atoms with van der Waals surface area (Å²) in [6, 6.07) is 7.63. The van der Waals surface area contributed by atoms with Crippen LogP contribution in [-0.2, 0) is 11.3 Å². The van der Waals surface area contributed by atoms with Crippen molar-refractivity contribution in [1.82, 2.24) is 4.98 Å². The summed E-state index contributed by atoms with van der Waals surface area (Å²) in [6.07, 6.45) is -3.28. The number of anilines is 1. The number of rotatable bonds is 3. The Labute approximate surface area is 144 Å². The molecule has 1 amide bonds. The van der Waals surface area contributed by atoms with Gasteiger partial charge in [-0.3, -0.25) is 9.69 Å². The Bertz CT molecular complexity index is 786. The van der Waals surface area contributed by atoms with E-state index in [4.69, 9.17) is 11.6 Å². The smallest absolute Gasteiger partial charge is 0.404 e. The second-order valence-corrected chi connectivity index (χ2v) is 6.33. The Morgan fingerprint density at radius 3 is 2.88 bits per heavy atom. The summed E-state index contributed by atoms with van der Waals surface area (Å²) in [4.78, 5) is 18.6. The minimum absolute atomic E-state index is 0.0782. The molecule has 0 saturated heterocycles. The monoisotopic (exact) mass is 374 g/mol. The second-order valence-electron chi connectivity index (χ2n) is 4.91. The topological polar surface area (TPSA) is 42.4 Å². The molecule has 24 heavy (non-hydrogen) atoms. The Balaban J connectivity index is 1.89. The van der Waals surface area contributed by atoms with Crippen LogP contribution in [0, 0.1) is 0 Å². The molecule has 2 heterocycles. The van der Waals surface area contributed by atoms with Gasteiger partial charge in [0.05, 0.1) is 22.2 Å². The summed E-state index contributed by atoms with van der Waals surface area (Å²) in [6.45, 7) is 0.0782. The molecule has 1 aromatic carbocycles. The minimum atomic E-state index is -4.84. The zero-order chi connectivity index (χ0) is 17.3. The van der Waals surface area contributed by atoms with Crippen LogP contribution in [0.4, 0.5) is 19.0 Å². The van der Waals surface area contributed by atoms with Gasteiger partial charge >= 0.3 is 6.36 Å². The van der Waals surface area contributed by atoms with Gasteiger partial charge in [-0.15, -0.1) is 24.9 Å². The third kappa shape index (κ3) is 3.76. The molecule has 1 aliphatic rings. The number of pyridine rings is 1. The van der Waals surface area contributed by atoms with Gasteiger partial charge in [0.25, 0.3) is 0 Å². The number of amides is 1. The molecule has 1 aliphatic heterocycles. The molecule has 126 valence electrons. The van der Waals surface area contributed by atoms with Crippen LogP contribution < -0.4 is 9.64 Å². The molecule has 0 aliphatic carbocycles.